The van der Waals surface area contributed by atoms with E-state index in [0.717, 1.165) is 0 Å². The summed E-state index contributed by atoms with van der Waals surface area (Å²) >= 11 is 1.47. The molecule has 4 nitrogen and oxygen atoms in total. The van der Waals surface area contributed by atoms with E-state index in [9.17, 15) is 14.0 Å². The summed E-state index contributed by atoms with van der Waals surface area (Å²) < 4.78 is 18.3. The van der Waals surface area contributed by atoms with Crippen molar-refractivity contribution >= 4 is 29.1 Å². The van der Waals surface area contributed by atoms with Crippen molar-refractivity contribution in [3.63, 3.8) is 0 Å². The first-order chi connectivity index (χ1) is 12.0. The molecule has 0 heterocycles. The molecule has 2 aromatic carbocycles. The van der Waals surface area contributed by atoms with Gasteiger partial charge >= 0.3 is 0 Å². The van der Waals surface area contributed by atoms with Crippen molar-refractivity contribution in [2.45, 2.75) is 19.1 Å². The standard InChI is InChI=1S/C19H20FNO3S/c1-13(22)15-3-7-17(8-4-15)21-19(23)14(2)25-12-11-24-18-9-5-16(20)6-10-18/h3-10,14H,11-12H2,1-2H3,(H,21,23). The fourth-order valence-corrected chi connectivity index (χ4v) is 2.77. The number of nitrogens with one attached hydrogen (secondary N) is 1. The molecule has 0 radical (unpaired) electrons. The van der Waals surface area contributed by atoms with E-state index in [0.29, 0.717) is 29.4 Å². The first-order valence-electron chi connectivity index (χ1n) is 7.87. The van der Waals surface area contributed by atoms with Crippen LogP contribution in [0.1, 0.15) is 24.2 Å². The second-order valence-corrected chi connectivity index (χ2v) is 6.89. The average Bonchev–Trinajstić information content (AvgIpc) is 2.60. The summed E-state index contributed by atoms with van der Waals surface area (Å²) in [5.74, 6) is 0.813. The van der Waals surface area contributed by atoms with Gasteiger partial charge in [0.1, 0.15) is 11.6 Å². The molecule has 0 bridgehead atoms. The molecular weight excluding hydrogens is 341 g/mol. The molecule has 0 aliphatic carbocycles. The number of ether oxygens (including phenoxy) is 1. The zero-order valence-corrected chi connectivity index (χ0v) is 14.9. The van der Waals surface area contributed by atoms with Gasteiger partial charge in [-0.3, -0.25) is 9.59 Å². The predicted octanol–water partition coefficient (Wildman–Crippen LogP) is 4.17. The molecule has 1 atom stereocenters. The van der Waals surface area contributed by atoms with Crippen LogP contribution in [0.15, 0.2) is 48.5 Å². The number of hydrogen-bond donors (Lipinski definition) is 1. The Balaban J connectivity index is 1.72. The molecule has 6 heteroatoms. The molecular formula is C19H20FNO3S. The second kappa shape index (κ2) is 9.22. The van der Waals surface area contributed by atoms with Crippen LogP contribution in [0.5, 0.6) is 5.75 Å². The first-order valence-corrected chi connectivity index (χ1v) is 8.92. The first kappa shape index (κ1) is 19.0. The van der Waals surface area contributed by atoms with Crippen LogP contribution in [0.25, 0.3) is 0 Å². The number of amides is 1. The van der Waals surface area contributed by atoms with Crippen LogP contribution >= 0.6 is 11.8 Å². The van der Waals surface area contributed by atoms with Crippen molar-refractivity contribution in [1.29, 1.82) is 0 Å². The third-order valence-electron chi connectivity index (χ3n) is 3.46. The molecule has 25 heavy (non-hydrogen) atoms. The third kappa shape index (κ3) is 6.23. The zero-order valence-electron chi connectivity index (χ0n) is 14.1. The van der Waals surface area contributed by atoms with Crippen molar-refractivity contribution in [2.75, 3.05) is 17.7 Å². The number of carbonyl (C=O) groups excluding carboxylic acids is 2. The zero-order chi connectivity index (χ0) is 18.2. The number of carbonyl (C=O) groups is 2. The van der Waals surface area contributed by atoms with Crippen molar-refractivity contribution in [2.24, 2.45) is 0 Å². The van der Waals surface area contributed by atoms with Crippen molar-refractivity contribution < 1.29 is 18.7 Å². The molecule has 132 valence electrons. The molecule has 0 aliphatic heterocycles. The molecule has 0 aliphatic rings. The van der Waals surface area contributed by atoms with Crippen LogP contribution in [-0.2, 0) is 4.79 Å². The van der Waals surface area contributed by atoms with Gasteiger partial charge in [-0.25, -0.2) is 4.39 Å². The highest BCUT2D eigenvalue weighted by Crippen LogP contribution is 2.16. The fraction of sp³-hybridized carbons (Fsp3) is 0.263. The third-order valence-corrected chi connectivity index (χ3v) is 4.58. The molecule has 2 rings (SSSR count). The second-order valence-electron chi connectivity index (χ2n) is 5.44. The van der Waals surface area contributed by atoms with Crippen LogP contribution in [0.2, 0.25) is 0 Å². The van der Waals surface area contributed by atoms with Gasteiger partial charge in [0.25, 0.3) is 0 Å². The smallest absolute Gasteiger partial charge is 0.237 e. The molecule has 0 fully saturated rings. The minimum atomic E-state index is -0.302. The highest BCUT2D eigenvalue weighted by Gasteiger charge is 2.13. The quantitative estimate of drug-likeness (QED) is 0.566. The SMILES string of the molecule is CC(=O)c1ccc(NC(=O)C(C)SCCOc2ccc(F)cc2)cc1. The maximum absolute atomic E-state index is 12.8. The highest BCUT2D eigenvalue weighted by molar-refractivity contribution is 8.00. The number of anilines is 1. The molecule has 1 unspecified atom stereocenters. The predicted molar refractivity (Wildman–Crippen MR) is 98.9 cm³/mol. The van der Waals surface area contributed by atoms with E-state index in [-0.39, 0.29) is 22.8 Å². The van der Waals surface area contributed by atoms with Gasteiger partial charge in [-0.15, -0.1) is 11.8 Å². The van der Waals surface area contributed by atoms with Gasteiger partial charge in [0.15, 0.2) is 5.78 Å². The number of halogens is 1. The van der Waals surface area contributed by atoms with Gasteiger partial charge in [-0.2, -0.15) is 0 Å². The van der Waals surface area contributed by atoms with Crippen LogP contribution < -0.4 is 10.1 Å². The average molecular weight is 361 g/mol. The lowest BCUT2D eigenvalue weighted by molar-refractivity contribution is -0.115. The normalized spacial score (nSPS) is 11.6. The highest BCUT2D eigenvalue weighted by atomic mass is 32.2. The molecule has 0 saturated carbocycles. The van der Waals surface area contributed by atoms with E-state index in [1.165, 1.54) is 30.8 Å². The van der Waals surface area contributed by atoms with Gasteiger partial charge in [-0.05, 0) is 62.4 Å². The maximum Gasteiger partial charge on any atom is 0.237 e. The summed E-state index contributed by atoms with van der Waals surface area (Å²) in [5, 5.41) is 2.57. The summed E-state index contributed by atoms with van der Waals surface area (Å²) in [6.07, 6.45) is 0. The van der Waals surface area contributed by atoms with Crippen molar-refractivity contribution in [3.8, 4) is 5.75 Å². The lowest BCUT2D eigenvalue weighted by atomic mass is 10.1. The number of rotatable bonds is 8. The number of hydrogen-bond acceptors (Lipinski definition) is 4. The Hall–Kier alpha value is -2.34. The van der Waals surface area contributed by atoms with Crippen molar-refractivity contribution in [1.82, 2.24) is 0 Å². The maximum atomic E-state index is 12.8. The Morgan fingerprint density at radius 1 is 1.12 bits per heavy atom. The monoisotopic (exact) mass is 361 g/mol. The van der Waals surface area contributed by atoms with Gasteiger partial charge in [-0.1, -0.05) is 0 Å². The van der Waals surface area contributed by atoms with Crippen LogP contribution in [-0.4, -0.2) is 29.3 Å². The van der Waals surface area contributed by atoms with Gasteiger partial charge in [0.2, 0.25) is 5.91 Å². The summed E-state index contributed by atoms with van der Waals surface area (Å²) in [4.78, 5) is 23.4. The van der Waals surface area contributed by atoms with Crippen molar-refractivity contribution in [3.05, 3.63) is 59.9 Å². The summed E-state index contributed by atoms with van der Waals surface area (Å²) in [6, 6.07) is 12.6. The lowest BCUT2D eigenvalue weighted by Gasteiger charge is -2.12. The lowest BCUT2D eigenvalue weighted by Crippen LogP contribution is -2.23. The van der Waals surface area contributed by atoms with Gasteiger partial charge in [0.05, 0.1) is 11.9 Å². The fourth-order valence-electron chi connectivity index (χ4n) is 2.02. The number of Topliss-reactive ketones (excluding diaryl/α,β-unsaturated/α-hetero) is 1. The Labute approximate surface area is 150 Å². The molecule has 0 aromatic heterocycles. The molecule has 1 amide bonds. The number of ketones is 1. The summed E-state index contributed by atoms with van der Waals surface area (Å²) in [6.45, 7) is 3.75. The van der Waals surface area contributed by atoms with Crippen LogP contribution in [0.3, 0.4) is 0 Å². The van der Waals surface area contributed by atoms with Gasteiger partial charge in [0, 0.05) is 17.0 Å². The van der Waals surface area contributed by atoms with E-state index in [4.69, 9.17) is 4.74 Å². The topological polar surface area (TPSA) is 55.4 Å². The molecule has 2 aromatic rings. The van der Waals surface area contributed by atoms with Crippen LogP contribution in [0.4, 0.5) is 10.1 Å². The summed E-state index contributed by atoms with van der Waals surface area (Å²) in [7, 11) is 0. The van der Waals surface area contributed by atoms with Gasteiger partial charge < -0.3 is 10.1 Å². The minimum absolute atomic E-state index is 0.0112. The molecule has 0 saturated heterocycles. The van der Waals surface area contributed by atoms with E-state index < -0.39 is 0 Å². The van der Waals surface area contributed by atoms with E-state index in [1.807, 2.05) is 6.92 Å². The minimum Gasteiger partial charge on any atom is -0.493 e. The van der Waals surface area contributed by atoms with E-state index in [1.54, 1.807) is 36.4 Å². The van der Waals surface area contributed by atoms with E-state index in [2.05, 4.69) is 5.32 Å². The summed E-state index contributed by atoms with van der Waals surface area (Å²) in [5.41, 5.74) is 1.27. The number of benzene rings is 2. The molecule has 1 N–H and O–H groups in total. The largest absolute Gasteiger partial charge is 0.493 e. The Bertz CT molecular complexity index is 716. The van der Waals surface area contributed by atoms with E-state index >= 15 is 0 Å². The van der Waals surface area contributed by atoms with Crippen LogP contribution in [0, 0.1) is 5.82 Å². The number of thioether (sulfide) groups is 1. The Morgan fingerprint density at radius 3 is 2.36 bits per heavy atom. The Morgan fingerprint density at radius 2 is 1.76 bits per heavy atom. The molecule has 0 spiro atoms. The Kier molecular flexibility index (Phi) is 7.01.